The van der Waals surface area contributed by atoms with Gasteiger partial charge in [-0.15, -0.1) is 0 Å². The highest BCUT2D eigenvalue weighted by atomic mass is 19.4. The van der Waals surface area contributed by atoms with Crippen LogP contribution in [0, 0.1) is 5.92 Å². The fraction of sp³-hybridized carbons (Fsp3) is 0.571. The Morgan fingerprint density at radius 1 is 1.23 bits per heavy atom. The zero-order chi connectivity index (χ0) is 21.1. The first-order chi connectivity index (χ1) is 14.4. The number of nitrogens with zero attached hydrogens (tertiary/aromatic N) is 3. The van der Waals surface area contributed by atoms with E-state index in [0.29, 0.717) is 17.0 Å². The number of pyridine rings is 1. The van der Waals surface area contributed by atoms with Crippen LogP contribution in [0.15, 0.2) is 24.5 Å². The van der Waals surface area contributed by atoms with Crippen LogP contribution in [0.5, 0.6) is 5.88 Å². The highest BCUT2D eigenvalue weighted by molar-refractivity contribution is 5.94. The molecule has 9 heteroatoms. The zero-order valence-corrected chi connectivity index (χ0v) is 16.6. The molecule has 0 atom stereocenters. The van der Waals surface area contributed by atoms with Gasteiger partial charge in [0, 0.05) is 24.5 Å². The molecule has 2 aromatic rings. The van der Waals surface area contributed by atoms with Crippen LogP contribution in [0.25, 0.3) is 0 Å². The van der Waals surface area contributed by atoms with Gasteiger partial charge in [0.1, 0.15) is 0 Å². The van der Waals surface area contributed by atoms with E-state index in [-0.39, 0.29) is 24.2 Å². The van der Waals surface area contributed by atoms with Crippen LogP contribution in [-0.4, -0.2) is 33.5 Å². The van der Waals surface area contributed by atoms with Gasteiger partial charge < -0.3 is 10.1 Å². The van der Waals surface area contributed by atoms with E-state index in [2.05, 4.69) is 15.4 Å². The maximum atomic E-state index is 12.6. The number of carbonyl (C=O) groups excluding carboxylic acids is 1. The molecule has 2 heterocycles. The number of hydrogen-bond acceptors (Lipinski definition) is 4. The number of nitrogens with one attached hydrogen (secondary N) is 1. The second-order valence-corrected chi connectivity index (χ2v) is 8.16. The lowest BCUT2D eigenvalue weighted by molar-refractivity contribution is -0.154. The molecular formula is C21H25F3N4O2. The second-order valence-electron chi connectivity index (χ2n) is 8.16. The maximum absolute atomic E-state index is 12.6. The molecule has 2 aromatic heterocycles. The van der Waals surface area contributed by atoms with Crippen molar-refractivity contribution in [1.82, 2.24) is 20.1 Å². The molecular weight excluding hydrogens is 397 g/mol. The number of carbonyl (C=O) groups is 1. The molecule has 0 saturated heterocycles. The monoisotopic (exact) mass is 422 g/mol. The van der Waals surface area contributed by atoms with Gasteiger partial charge in [-0.25, -0.2) is 4.98 Å². The smallest absolute Gasteiger partial charge is 0.422 e. The number of ether oxygens (including phenoxy) is 1. The normalized spacial score (nSPS) is 17.3. The minimum atomic E-state index is -4.44. The van der Waals surface area contributed by atoms with Gasteiger partial charge >= 0.3 is 6.18 Å². The summed E-state index contributed by atoms with van der Waals surface area (Å²) in [6.45, 7) is -0.210. The molecule has 30 heavy (non-hydrogen) atoms. The van der Waals surface area contributed by atoms with Crippen LogP contribution in [0.2, 0.25) is 0 Å². The molecule has 1 amide bonds. The summed E-state index contributed by atoms with van der Waals surface area (Å²) in [6.07, 6.45) is 4.94. The van der Waals surface area contributed by atoms with Gasteiger partial charge in [-0.1, -0.05) is 12.8 Å². The summed E-state index contributed by atoms with van der Waals surface area (Å²) >= 11 is 0. The molecule has 6 nitrogen and oxygen atoms in total. The molecule has 2 fully saturated rings. The molecule has 4 rings (SSSR count). The van der Waals surface area contributed by atoms with Gasteiger partial charge in [0.05, 0.1) is 17.8 Å². The number of rotatable bonds is 8. The predicted molar refractivity (Wildman–Crippen MR) is 103 cm³/mol. The molecule has 162 valence electrons. The summed E-state index contributed by atoms with van der Waals surface area (Å²) < 4.78 is 44.5. The topological polar surface area (TPSA) is 69.0 Å². The third-order valence-electron chi connectivity index (χ3n) is 5.58. The average Bonchev–Trinajstić information content (AvgIpc) is 3.17. The van der Waals surface area contributed by atoms with Crippen molar-refractivity contribution in [1.29, 1.82) is 0 Å². The summed E-state index contributed by atoms with van der Waals surface area (Å²) in [4.78, 5) is 16.6. The van der Waals surface area contributed by atoms with Gasteiger partial charge in [0.2, 0.25) is 5.88 Å². The van der Waals surface area contributed by atoms with Gasteiger partial charge in [-0.2, -0.15) is 18.3 Å². The predicted octanol–water partition coefficient (Wildman–Crippen LogP) is 4.22. The highest BCUT2D eigenvalue weighted by Gasteiger charge is 2.30. The summed E-state index contributed by atoms with van der Waals surface area (Å²) in [5, 5.41) is 7.27. The van der Waals surface area contributed by atoms with Crippen molar-refractivity contribution in [3.05, 3.63) is 41.3 Å². The van der Waals surface area contributed by atoms with Crippen molar-refractivity contribution in [2.45, 2.75) is 63.7 Å². The highest BCUT2D eigenvalue weighted by Crippen LogP contribution is 2.38. The Morgan fingerprint density at radius 3 is 2.70 bits per heavy atom. The number of amides is 1. The minimum Gasteiger partial charge on any atom is -0.468 e. The van der Waals surface area contributed by atoms with E-state index in [0.717, 1.165) is 37.9 Å². The number of alkyl halides is 3. The summed E-state index contributed by atoms with van der Waals surface area (Å²) in [6, 6.07) is 3.49. The van der Waals surface area contributed by atoms with Gasteiger partial charge in [0.15, 0.2) is 6.61 Å². The van der Waals surface area contributed by atoms with Crippen LogP contribution in [-0.2, 0) is 13.1 Å². The van der Waals surface area contributed by atoms with Gasteiger partial charge in [-0.3, -0.25) is 9.48 Å². The van der Waals surface area contributed by atoms with E-state index >= 15 is 0 Å². The number of halogens is 3. The van der Waals surface area contributed by atoms with Crippen molar-refractivity contribution in [2.24, 2.45) is 5.92 Å². The molecule has 0 bridgehead atoms. The minimum absolute atomic E-state index is 0.0328. The maximum Gasteiger partial charge on any atom is 0.422 e. The van der Waals surface area contributed by atoms with Crippen molar-refractivity contribution < 1.29 is 22.7 Å². The molecule has 0 radical (unpaired) electrons. The molecule has 0 spiro atoms. The summed E-state index contributed by atoms with van der Waals surface area (Å²) in [5.74, 6) is 0.410. The number of hydrogen-bond donors (Lipinski definition) is 1. The molecule has 2 saturated carbocycles. The van der Waals surface area contributed by atoms with Crippen LogP contribution >= 0.6 is 0 Å². The van der Waals surface area contributed by atoms with E-state index in [1.807, 2.05) is 16.9 Å². The second kappa shape index (κ2) is 8.65. The summed E-state index contributed by atoms with van der Waals surface area (Å²) in [7, 11) is 0. The van der Waals surface area contributed by atoms with E-state index in [1.54, 1.807) is 6.07 Å². The summed E-state index contributed by atoms with van der Waals surface area (Å²) in [5.41, 5.74) is 1.66. The zero-order valence-electron chi connectivity index (χ0n) is 16.6. The first-order valence-corrected chi connectivity index (χ1v) is 10.4. The Bertz CT molecular complexity index is 887. The fourth-order valence-corrected chi connectivity index (χ4v) is 3.83. The first-order valence-electron chi connectivity index (χ1n) is 10.4. The quantitative estimate of drug-likeness (QED) is 0.692. The Morgan fingerprint density at radius 2 is 2.00 bits per heavy atom. The third kappa shape index (κ3) is 5.52. The van der Waals surface area contributed by atoms with Crippen LogP contribution in [0.3, 0.4) is 0 Å². The third-order valence-corrected chi connectivity index (χ3v) is 5.58. The van der Waals surface area contributed by atoms with Gasteiger partial charge in [-0.05, 0) is 49.7 Å². The van der Waals surface area contributed by atoms with Crippen molar-refractivity contribution in [2.75, 3.05) is 6.61 Å². The standard InChI is InChI=1S/C21H25F3N4O2/c22-21(23,24)13-30-20-18(15-3-1-2-4-15)9-16(10-26-20)19(29)25-11-17-7-8-28(27-17)12-14-5-6-14/h7-10,14-15H,1-6,11-13H2,(H,25,29). The van der Waals surface area contributed by atoms with Crippen molar-refractivity contribution >= 4 is 5.91 Å². The van der Waals surface area contributed by atoms with E-state index in [4.69, 9.17) is 4.74 Å². The van der Waals surface area contributed by atoms with E-state index < -0.39 is 12.8 Å². The Hall–Kier alpha value is -2.58. The first kappa shape index (κ1) is 20.7. The molecule has 0 unspecified atom stereocenters. The van der Waals surface area contributed by atoms with Crippen LogP contribution < -0.4 is 10.1 Å². The van der Waals surface area contributed by atoms with Crippen molar-refractivity contribution in [3.63, 3.8) is 0 Å². The van der Waals surface area contributed by atoms with E-state index in [1.165, 1.54) is 19.0 Å². The lowest BCUT2D eigenvalue weighted by Crippen LogP contribution is -2.24. The molecule has 0 aromatic carbocycles. The SMILES string of the molecule is O=C(NCc1ccn(CC2CC2)n1)c1cnc(OCC(F)(F)F)c(C2CCCC2)c1. The fourth-order valence-electron chi connectivity index (χ4n) is 3.83. The molecule has 1 N–H and O–H groups in total. The molecule has 2 aliphatic rings. The molecule has 0 aliphatic heterocycles. The molecule has 2 aliphatic carbocycles. The lowest BCUT2D eigenvalue weighted by atomic mass is 9.97. The lowest BCUT2D eigenvalue weighted by Gasteiger charge is -2.17. The van der Waals surface area contributed by atoms with Crippen LogP contribution in [0.4, 0.5) is 13.2 Å². The Kier molecular flexibility index (Phi) is 5.97. The van der Waals surface area contributed by atoms with Crippen molar-refractivity contribution in [3.8, 4) is 5.88 Å². The Balaban J connectivity index is 1.42. The van der Waals surface area contributed by atoms with Gasteiger partial charge in [0.25, 0.3) is 5.91 Å². The average molecular weight is 422 g/mol. The number of aromatic nitrogens is 3. The Labute approximate surface area is 172 Å². The largest absolute Gasteiger partial charge is 0.468 e. The van der Waals surface area contributed by atoms with Crippen LogP contribution in [0.1, 0.15) is 66.1 Å². The van der Waals surface area contributed by atoms with E-state index in [9.17, 15) is 18.0 Å².